The smallest absolute Gasteiger partial charge is 0.306 e. The number of carbonyl (C=O) groups is 4. The summed E-state index contributed by atoms with van der Waals surface area (Å²) in [6.45, 7) is 4.65. The molecule has 0 aliphatic heterocycles. The maximum absolute atomic E-state index is 12.9. The van der Waals surface area contributed by atoms with Gasteiger partial charge in [-0.15, -0.1) is 0 Å². The molecule has 1 unspecified atom stereocenters. The number of carboxylic acids is 1. The summed E-state index contributed by atoms with van der Waals surface area (Å²) in [4.78, 5) is 62.6. The van der Waals surface area contributed by atoms with Crippen LogP contribution in [0.2, 0.25) is 0 Å². The zero-order valence-electron chi connectivity index (χ0n) is 46.0. The van der Waals surface area contributed by atoms with Gasteiger partial charge in [0.15, 0.2) is 6.10 Å². The second kappa shape index (κ2) is 52.6. The Bertz CT molecular complexity index is 1310. The van der Waals surface area contributed by atoms with Gasteiger partial charge >= 0.3 is 11.9 Å². The van der Waals surface area contributed by atoms with Gasteiger partial charge in [0.05, 0.1) is 25.2 Å². The molecule has 1 amide bonds. The Morgan fingerprint density at radius 2 is 0.761 bits per heavy atom. The number of nitrogens with one attached hydrogen (secondary N) is 1. The first-order valence-corrected chi connectivity index (χ1v) is 31.1. The average Bonchev–Trinajstić information content (AvgIpc) is 3.34. The van der Waals surface area contributed by atoms with Crippen molar-refractivity contribution < 1.29 is 52.3 Å². The Kier molecular flexibility index (Phi) is 50.9. The highest BCUT2D eigenvalue weighted by molar-refractivity contribution is 7.45. The lowest BCUT2D eigenvalue weighted by Gasteiger charge is -2.28. The van der Waals surface area contributed by atoms with Crippen molar-refractivity contribution in [3.05, 3.63) is 12.2 Å². The molecule has 0 aromatic rings. The van der Waals surface area contributed by atoms with Gasteiger partial charge < -0.3 is 38.6 Å². The van der Waals surface area contributed by atoms with Crippen molar-refractivity contribution >= 4 is 31.6 Å². The first-order valence-electron chi connectivity index (χ1n) is 29.6. The van der Waals surface area contributed by atoms with Crippen LogP contribution in [-0.2, 0) is 42.3 Å². The zero-order chi connectivity index (χ0) is 52.1. The van der Waals surface area contributed by atoms with E-state index in [0.29, 0.717) is 19.3 Å². The van der Waals surface area contributed by atoms with Crippen molar-refractivity contribution in [1.82, 2.24) is 5.32 Å². The SMILES string of the molecule is CCCCCCCC/C=C\CCCCCCCC(=O)O[C@H](COC(=O)CCCCCCCCCCCCCCCCC)COP(=O)([O-])OC[C@H](NC(=O)CCCCCCCCCCCCCCC)C(=O)[O-]. The first kappa shape index (κ1) is 68.7. The van der Waals surface area contributed by atoms with E-state index in [1.165, 1.54) is 161 Å². The Labute approximate surface area is 435 Å². The number of hydrogen-bond donors (Lipinski definition) is 1. The number of carbonyl (C=O) groups excluding carboxylic acids is 4. The van der Waals surface area contributed by atoms with Crippen LogP contribution in [-0.4, -0.2) is 55.8 Å². The number of amides is 1. The van der Waals surface area contributed by atoms with Gasteiger partial charge in [-0.2, -0.15) is 0 Å². The molecule has 0 saturated carbocycles. The summed E-state index contributed by atoms with van der Waals surface area (Å²) >= 11 is 0. The summed E-state index contributed by atoms with van der Waals surface area (Å²) in [6, 6.07) is -1.73. The summed E-state index contributed by atoms with van der Waals surface area (Å²) in [5.74, 6) is -3.30. The quantitative estimate of drug-likeness (QED) is 0.0265. The average molecular weight is 1030 g/mol. The third kappa shape index (κ3) is 51.0. The van der Waals surface area contributed by atoms with E-state index >= 15 is 0 Å². The van der Waals surface area contributed by atoms with Crippen LogP contribution in [0.4, 0.5) is 0 Å². The minimum absolute atomic E-state index is 0.0925. The number of unbranched alkanes of at least 4 members (excludes halogenated alkanes) is 37. The molecular weight excluding hydrogens is 918 g/mol. The highest BCUT2D eigenvalue weighted by Gasteiger charge is 2.23. The lowest BCUT2D eigenvalue weighted by Crippen LogP contribution is -2.50. The lowest BCUT2D eigenvalue weighted by atomic mass is 10.0. The standard InChI is InChI=1S/C58H110NO11P/c1-4-7-10-13-16-19-22-25-27-30-33-36-39-42-45-48-56(61)67-50-53(70-57(62)49-46-43-40-37-34-31-28-26-23-20-17-14-11-8-5-2)51-68-71(65,66)69-52-54(58(63)64)59-55(60)47-44-41-38-35-32-29-24-21-18-15-12-9-6-3/h26,28,53-54H,4-25,27,29-52H2,1-3H3,(H,59,60)(H,63,64)(H,65,66)/p-2/b28-26-/t53-,54+/m1/s1. The van der Waals surface area contributed by atoms with E-state index in [2.05, 4.69) is 38.2 Å². The molecule has 0 heterocycles. The van der Waals surface area contributed by atoms with Gasteiger partial charge in [-0.3, -0.25) is 18.9 Å². The molecular formula is C58H108NO11P-2. The highest BCUT2D eigenvalue weighted by atomic mass is 31.2. The summed E-state index contributed by atoms with van der Waals surface area (Å²) in [5.41, 5.74) is 0. The molecule has 71 heavy (non-hydrogen) atoms. The molecule has 1 N–H and O–H groups in total. The molecule has 0 aliphatic carbocycles. The fourth-order valence-electron chi connectivity index (χ4n) is 8.72. The number of aliphatic carboxylic acids is 1. The summed E-state index contributed by atoms with van der Waals surface area (Å²) in [5, 5.41) is 14.1. The molecule has 0 saturated heterocycles. The van der Waals surface area contributed by atoms with Crippen LogP contribution < -0.4 is 15.3 Å². The first-order chi connectivity index (χ1) is 34.5. The van der Waals surface area contributed by atoms with E-state index < -0.39 is 63.6 Å². The van der Waals surface area contributed by atoms with Crippen LogP contribution in [0, 0.1) is 0 Å². The molecule has 0 rings (SSSR count). The summed E-state index contributed by atoms with van der Waals surface area (Å²) < 4.78 is 33.6. The highest BCUT2D eigenvalue weighted by Crippen LogP contribution is 2.38. The Morgan fingerprint density at radius 3 is 1.14 bits per heavy atom. The number of phosphoric ester groups is 1. The number of ether oxygens (including phenoxy) is 2. The minimum Gasteiger partial charge on any atom is -0.756 e. The second-order valence-corrected chi connectivity index (χ2v) is 21.7. The fraction of sp³-hybridized carbons (Fsp3) is 0.897. The predicted octanol–water partition coefficient (Wildman–Crippen LogP) is 15.0. The van der Waals surface area contributed by atoms with Crippen LogP contribution in [0.25, 0.3) is 0 Å². The van der Waals surface area contributed by atoms with Crippen LogP contribution >= 0.6 is 7.82 Å². The van der Waals surface area contributed by atoms with E-state index in [4.69, 9.17) is 18.5 Å². The molecule has 0 radical (unpaired) electrons. The molecule has 3 atom stereocenters. The second-order valence-electron chi connectivity index (χ2n) is 20.3. The number of hydrogen-bond acceptors (Lipinski definition) is 11. The number of carboxylic acid groups (broad SMARTS) is 1. The molecule has 0 aromatic heterocycles. The lowest BCUT2D eigenvalue weighted by molar-refractivity contribution is -0.309. The van der Waals surface area contributed by atoms with Crippen LogP contribution in [0.15, 0.2) is 12.2 Å². The van der Waals surface area contributed by atoms with Crippen molar-refractivity contribution in [2.45, 2.75) is 315 Å². The van der Waals surface area contributed by atoms with Gasteiger partial charge in [0.2, 0.25) is 5.91 Å². The van der Waals surface area contributed by atoms with Crippen LogP contribution in [0.1, 0.15) is 303 Å². The topological polar surface area (TPSA) is 180 Å². The van der Waals surface area contributed by atoms with Crippen molar-refractivity contribution in [2.75, 3.05) is 19.8 Å². The molecule has 0 aromatic carbocycles. The maximum Gasteiger partial charge on any atom is 0.306 e. The van der Waals surface area contributed by atoms with Gasteiger partial charge in [-0.25, -0.2) is 0 Å². The summed E-state index contributed by atoms with van der Waals surface area (Å²) in [7, 11) is -5.15. The Hall–Kier alpha value is -2.27. The van der Waals surface area contributed by atoms with E-state index in [1.54, 1.807) is 0 Å². The Balaban J connectivity index is 4.77. The number of rotatable bonds is 56. The van der Waals surface area contributed by atoms with Gasteiger partial charge in [-0.05, 0) is 44.9 Å². The number of phosphoric acid groups is 1. The third-order valence-corrected chi connectivity index (χ3v) is 14.2. The largest absolute Gasteiger partial charge is 0.756 e. The molecule has 0 aliphatic rings. The predicted molar refractivity (Wildman–Crippen MR) is 287 cm³/mol. The third-order valence-electron chi connectivity index (χ3n) is 13.3. The van der Waals surface area contributed by atoms with Crippen molar-refractivity contribution in [3.8, 4) is 0 Å². The molecule has 0 bridgehead atoms. The molecule has 13 heteroatoms. The molecule has 418 valence electrons. The fourth-order valence-corrected chi connectivity index (χ4v) is 9.47. The van der Waals surface area contributed by atoms with Crippen molar-refractivity contribution in [2.24, 2.45) is 0 Å². The van der Waals surface area contributed by atoms with Gasteiger partial charge in [0.1, 0.15) is 6.61 Å². The molecule has 12 nitrogen and oxygen atoms in total. The Morgan fingerprint density at radius 1 is 0.437 bits per heavy atom. The number of esters is 2. The van der Waals surface area contributed by atoms with Gasteiger partial charge in [0, 0.05) is 19.3 Å². The van der Waals surface area contributed by atoms with E-state index in [0.717, 1.165) is 83.5 Å². The van der Waals surface area contributed by atoms with Crippen molar-refractivity contribution in [3.63, 3.8) is 0 Å². The van der Waals surface area contributed by atoms with Crippen LogP contribution in [0.5, 0.6) is 0 Å². The van der Waals surface area contributed by atoms with E-state index in [-0.39, 0.29) is 19.3 Å². The van der Waals surface area contributed by atoms with Crippen LogP contribution in [0.3, 0.4) is 0 Å². The van der Waals surface area contributed by atoms with E-state index in [1.807, 2.05) is 0 Å². The molecule has 0 fully saturated rings. The van der Waals surface area contributed by atoms with Gasteiger partial charge in [0.25, 0.3) is 7.82 Å². The number of allylic oxidation sites excluding steroid dienone is 2. The maximum atomic E-state index is 12.9. The van der Waals surface area contributed by atoms with E-state index in [9.17, 15) is 33.7 Å². The zero-order valence-corrected chi connectivity index (χ0v) is 46.9. The normalized spacial score (nSPS) is 13.3. The minimum atomic E-state index is -5.15. The summed E-state index contributed by atoms with van der Waals surface area (Å²) in [6.07, 6.45) is 51.3. The monoisotopic (exact) mass is 1030 g/mol. The molecule has 0 spiro atoms. The van der Waals surface area contributed by atoms with Gasteiger partial charge in [-0.1, -0.05) is 251 Å². The van der Waals surface area contributed by atoms with Crippen molar-refractivity contribution in [1.29, 1.82) is 0 Å².